The minimum Gasteiger partial charge on any atom is -0.317 e. The van der Waals surface area contributed by atoms with Gasteiger partial charge >= 0.3 is 0 Å². The van der Waals surface area contributed by atoms with Crippen LogP contribution in [-0.4, -0.2) is 24.5 Å². The Bertz CT molecular complexity index is 159. The Balaban J connectivity index is 2.24. The molecule has 0 saturated carbocycles. The van der Waals surface area contributed by atoms with Gasteiger partial charge in [-0.3, -0.25) is 4.79 Å². The molecule has 1 rings (SSSR count). The van der Waals surface area contributed by atoms with Crippen molar-refractivity contribution in [1.82, 2.24) is 5.32 Å². The van der Waals surface area contributed by atoms with Gasteiger partial charge in [-0.2, -0.15) is 0 Å². The monoisotopic (exact) mass is 193 g/mol. The van der Waals surface area contributed by atoms with Gasteiger partial charge in [0, 0.05) is 0 Å². The fourth-order valence-electron chi connectivity index (χ4n) is 1.50. The van der Waals surface area contributed by atoms with E-state index in [0.717, 1.165) is 25.9 Å². The van der Waals surface area contributed by atoms with E-state index in [0.29, 0.717) is 12.3 Å². The normalized spacial score (nSPS) is 22.2. The van der Waals surface area contributed by atoms with Gasteiger partial charge in [0.25, 0.3) is 5.24 Å². The van der Waals surface area contributed by atoms with Crippen LogP contribution in [0.2, 0.25) is 0 Å². The molecule has 1 fully saturated rings. The molecule has 1 heterocycles. The van der Waals surface area contributed by atoms with E-state index >= 15 is 0 Å². The number of rotatable bonds is 3. The predicted octanol–water partition coefficient (Wildman–Crippen LogP) is 1.48. The van der Waals surface area contributed by atoms with Crippen molar-refractivity contribution in [2.45, 2.75) is 25.4 Å². The minimum absolute atomic E-state index is 0.296. The smallest absolute Gasteiger partial charge is 0.255 e. The number of halogens is 2. The number of hydrogen-bond acceptors (Lipinski definition) is 2. The Labute approximate surface area is 76.5 Å². The molecule has 12 heavy (non-hydrogen) atoms. The second kappa shape index (κ2) is 4.77. The summed E-state index contributed by atoms with van der Waals surface area (Å²) in [5.41, 5.74) is 0. The lowest BCUT2D eigenvalue weighted by Gasteiger charge is -2.22. The highest BCUT2D eigenvalue weighted by Gasteiger charge is 2.22. The number of alkyl halides is 1. The van der Waals surface area contributed by atoms with E-state index in [1.807, 2.05) is 0 Å². The second-order valence-corrected chi connectivity index (χ2v) is 3.57. The van der Waals surface area contributed by atoms with Gasteiger partial charge in [0.05, 0.1) is 0 Å². The summed E-state index contributed by atoms with van der Waals surface area (Å²) >= 11 is 5.02. The van der Waals surface area contributed by atoms with E-state index in [9.17, 15) is 9.18 Å². The van der Waals surface area contributed by atoms with E-state index in [1.165, 1.54) is 0 Å². The number of carbonyl (C=O) groups is 1. The molecule has 1 unspecified atom stereocenters. The van der Waals surface area contributed by atoms with Crippen molar-refractivity contribution in [1.29, 1.82) is 0 Å². The van der Waals surface area contributed by atoms with Gasteiger partial charge in [-0.05, 0) is 49.9 Å². The first-order valence-electron chi connectivity index (χ1n) is 4.24. The van der Waals surface area contributed by atoms with Crippen LogP contribution in [0, 0.1) is 5.92 Å². The predicted molar refractivity (Wildman–Crippen MR) is 46.0 cm³/mol. The maximum atomic E-state index is 12.8. The number of carbonyl (C=O) groups excluding carboxylic acids is 1. The molecule has 0 aromatic rings. The molecular formula is C8H13ClFNO. The molecular weight excluding hydrogens is 181 g/mol. The van der Waals surface area contributed by atoms with Crippen LogP contribution in [0.1, 0.15) is 19.3 Å². The third kappa shape index (κ3) is 3.07. The van der Waals surface area contributed by atoms with E-state index in [1.54, 1.807) is 0 Å². The number of piperidine rings is 1. The van der Waals surface area contributed by atoms with Crippen LogP contribution in [0.25, 0.3) is 0 Å². The summed E-state index contributed by atoms with van der Waals surface area (Å²) in [6, 6.07) is 0. The lowest BCUT2D eigenvalue weighted by Crippen LogP contribution is -2.29. The van der Waals surface area contributed by atoms with Crippen LogP contribution >= 0.6 is 11.6 Å². The maximum Gasteiger partial charge on any atom is 0.255 e. The topological polar surface area (TPSA) is 29.1 Å². The average molecular weight is 194 g/mol. The standard InChI is InChI=1S/C8H13ClFNO/c9-8(12)7(10)5-6-1-3-11-4-2-6/h6-7,11H,1-5H2. The van der Waals surface area contributed by atoms with E-state index in [4.69, 9.17) is 11.6 Å². The zero-order valence-electron chi connectivity index (χ0n) is 6.85. The lowest BCUT2D eigenvalue weighted by atomic mass is 9.93. The van der Waals surface area contributed by atoms with Crippen LogP contribution < -0.4 is 5.32 Å². The molecule has 0 bridgehead atoms. The van der Waals surface area contributed by atoms with Gasteiger partial charge in [0.1, 0.15) is 0 Å². The van der Waals surface area contributed by atoms with E-state index in [2.05, 4.69) is 5.32 Å². The molecule has 1 saturated heterocycles. The molecule has 0 aromatic carbocycles. The van der Waals surface area contributed by atoms with Crippen molar-refractivity contribution in [2.75, 3.05) is 13.1 Å². The Morgan fingerprint density at radius 3 is 2.67 bits per heavy atom. The summed E-state index contributed by atoms with van der Waals surface area (Å²) < 4.78 is 12.8. The van der Waals surface area contributed by atoms with Gasteiger partial charge in [0.2, 0.25) is 0 Å². The van der Waals surface area contributed by atoms with Crippen molar-refractivity contribution >= 4 is 16.8 Å². The van der Waals surface area contributed by atoms with Crippen molar-refractivity contribution in [3.8, 4) is 0 Å². The van der Waals surface area contributed by atoms with Crippen LogP contribution in [0.3, 0.4) is 0 Å². The zero-order valence-corrected chi connectivity index (χ0v) is 7.61. The molecule has 1 N–H and O–H groups in total. The van der Waals surface area contributed by atoms with Crippen molar-refractivity contribution in [2.24, 2.45) is 5.92 Å². The third-order valence-electron chi connectivity index (χ3n) is 2.25. The molecule has 0 spiro atoms. The highest BCUT2D eigenvalue weighted by atomic mass is 35.5. The first-order valence-corrected chi connectivity index (χ1v) is 4.62. The Kier molecular flexibility index (Phi) is 3.95. The summed E-state index contributed by atoms with van der Waals surface area (Å²) in [6.07, 6.45) is 0.730. The van der Waals surface area contributed by atoms with Crippen molar-refractivity contribution < 1.29 is 9.18 Å². The largest absolute Gasteiger partial charge is 0.317 e. The van der Waals surface area contributed by atoms with Gasteiger partial charge in [0.15, 0.2) is 6.17 Å². The molecule has 0 aliphatic carbocycles. The molecule has 1 atom stereocenters. The quantitative estimate of drug-likeness (QED) is 0.688. The molecule has 0 aromatic heterocycles. The third-order valence-corrected chi connectivity index (χ3v) is 2.48. The molecule has 0 radical (unpaired) electrons. The summed E-state index contributed by atoms with van der Waals surface area (Å²) in [5, 5.41) is 2.32. The van der Waals surface area contributed by atoms with Gasteiger partial charge in [-0.15, -0.1) is 0 Å². The summed E-state index contributed by atoms with van der Waals surface area (Å²) in [7, 11) is 0. The van der Waals surface area contributed by atoms with Crippen LogP contribution in [0.5, 0.6) is 0 Å². The highest BCUT2D eigenvalue weighted by molar-refractivity contribution is 6.64. The lowest BCUT2D eigenvalue weighted by molar-refractivity contribution is -0.116. The van der Waals surface area contributed by atoms with Gasteiger partial charge < -0.3 is 5.32 Å². The van der Waals surface area contributed by atoms with E-state index < -0.39 is 11.4 Å². The molecule has 4 heteroatoms. The summed E-state index contributed by atoms with van der Waals surface area (Å²) in [6.45, 7) is 1.85. The molecule has 70 valence electrons. The van der Waals surface area contributed by atoms with Crippen molar-refractivity contribution in [3.63, 3.8) is 0 Å². The van der Waals surface area contributed by atoms with Crippen LogP contribution in [-0.2, 0) is 4.79 Å². The number of hydrogen-bond donors (Lipinski definition) is 1. The van der Waals surface area contributed by atoms with Crippen molar-refractivity contribution in [3.05, 3.63) is 0 Å². The number of nitrogens with one attached hydrogen (secondary N) is 1. The molecule has 2 nitrogen and oxygen atoms in total. The van der Waals surface area contributed by atoms with E-state index in [-0.39, 0.29) is 0 Å². The minimum atomic E-state index is -1.46. The SMILES string of the molecule is O=C(Cl)C(F)CC1CCNCC1. The zero-order chi connectivity index (χ0) is 8.97. The first-order chi connectivity index (χ1) is 5.70. The molecule has 1 aliphatic rings. The Hall–Kier alpha value is -0.150. The highest BCUT2D eigenvalue weighted by Crippen LogP contribution is 2.20. The summed E-state index contributed by atoms with van der Waals surface area (Å²) in [4.78, 5) is 10.4. The van der Waals surface area contributed by atoms with Gasteiger partial charge in [-0.25, -0.2) is 4.39 Å². The molecule has 0 amide bonds. The summed E-state index contributed by atoms with van der Waals surface area (Å²) in [5.74, 6) is 0.323. The Morgan fingerprint density at radius 1 is 1.58 bits per heavy atom. The second-order valence-electron chi connectivity index (χ2n) is 3.20. The average Bonchev–Trinajstić information content (AvgIpc) is 2.06. The first kappa shape index (κ1) is 9.93. The molecule has 1 aliphatic heterocycles. The fourth-order valence-corrected chi connectivity index (χ4v) is 1.59. The maximum absolute atomic E-state index is 12.8. The fraction of sp³-hybridized carbons (Fsp3) is 0.875. The van der Waals surface area contributed by atoms with Crippen LogP contribution in [0.15, 0.2) is 0 Å². The van der Waals surface area contributed by atoms with Crippen LogP contribution in [0.4, 0.5) is 4.39 Å². The Morgan fingerprint density at radius 2 is 2.17 bits per heavy atom. The van der Waals surface area contributed by atoms with Gasteiger partial charge in [-0.1, -0.05) is 0 Å².